The lowest BCUT2D eigenvalue weighted by molar-refractivity contribution is -0.384. The Morgan fingerprint density at radius 1 is 1.36 bits per heavy atom. The number of nitro groups is 1. The molecular weight excluding hydrogens is 388 g/mol. The normalized spacial score (nSPS) is 10.9. The number of allylic oxidation sites excluding steroid dienone is 1. The fourth-order valence-corrected chi connectivity index (χ4v) is 2.86. The molecule has 2 rings (SSSR count). The van der Waals surface area contributed by atoms with Crippen LogP contribution in [0.2, 0.25) is 0 Å². The third-order valence-electron chi connectivity index (χ3n) is 3.36. The third-order valence-corrected chi connectivity index (χ3v) is 3.95. The first-order chi connectivity index (χ1) is 12.0. The molecule has 0 fully saturated rings. The van der Waals surface area contributed by atoms with Crippen LogP contribution in [0.1, 0.15) is 18.1 Å². The number of hydrogen-bond donors (Lipinski definition) is 0. The van der Waals surface area contributed by atoms with Gasteiger partial charge in [-0.05, 0) is 64.3 Å². The Hall–Kier alpha value is -2.85. The second kappa shape index (κ2) is 8.31. The Balaban J connectivity index is 2.45. The van der Waals surface area contributed by atoms with Gasteiger partial charge < -0.3 is 9.47 Å². The molecule has 0 atom stereocenters. The maximum atomic E-state index is 10.7. The van der Waals surface area contributed by atoms with Gasteiger partial charge >= 0.3 is 0 Å². The van der Waals surface area contributed by atoms with Crippen molar-refractivity contribution in [3.8, 4) is 17.6 Å². The van der Waals surface area contributed by atoms with Crippen LogP contribution in [0.5, 0.6) is 11.5 Å². The highest BCUT2D eigenvalue weighted by Crippen LogP contribution is 2.37. The fraction of sp³-hybridized carbons (Fsp3) is 0.167. The zero-order valence-corrected chi connectivity index (χ0v) is 15.2. The van der Waals surface area contributed by atoms with Gasteiger partial charge in [-0.2, -0.15) is 5.26 Å². The molecule has 7 heteroatoms. The second-order valence-corrected chi connectivity index (χ2v) is 5.80. The number of methoxy groups -OCH3 is 1. The minimum Gasteiger partial charge on any atom is -0.492 e. The van der Waals surface area contributed by atoms with E-state index in [1.807, 2.05) is 13.0 Å². The molecule has 0 aliphatic carbocycles. The van der Waals surface area contributed by atoms with E-state index in [0.29, 0.717) is 33.7 Å². The summed E-state index contributed by atoms with van der Waals surface area (Å²) in [5.41, 5.74) is 1.70. The summed E-state index contributed by atoms with van der Waals surface area (Å²) in [6.07, 6.45) is 1.69. The Morgan fingerprint density at radius 2 is 2.04 bits per heavy atom. The maximum Gasteiger partial charge on any atom is 0.269 e. The van der Waals surface area contributed by atoms with E-state index in [1.54, 1.807) is 31.4 Å². The number of benzene rings is 2. The molecule has 0 unspecified atom stereocenters. The van der Waals surface area contributed by atoms with Crippen molar-refractivity contribution >= 4 is 33.3 Å². The van der Waals surface area contributed by atoms with Gasteiger partial charge in [-0.25, -0.2) is 0 Å². The highest BCUT2D eigenvalue weighted by Gasteiger charge is 2.12. The van der Waals surface area contributed by atoms with Gasteiger partial charge in [-0.15, -0.1) is 0 Å². The van der Waals surface area contributed by atoms with Crippen molar-refractivity contribution in [1.29, 1.82) is 5.26 Å². The molecule has 0 aliphatic heterocycles. The molecule has 0 aromatic heterocycles. The Bertz CT molecular complexity index is 855. The Labute approximate surface area is 153 Å². The number of rotatable bonds is 6. The van der Waals surface area contributed by atoms with Gasteiger partial charge in [0.1, 0.15) is 0 Å². The first-order valence-corrected chi connectivity index (χ1v) is 8.16. The van der Waals surface area contributed by atoms with Crippen molar-refractivity contribution in [2.75, 3.05) is 13.7 Å². The van der Waals surface area contributed by atoms with Crippen LogP contribution in [0, 0.1) is 21.4 Å². The van der Waals surface area contributed by atoms with E-state index >= 15 is 0 Å². The van der Waals surface area contributed by atoms with Crippen LogP contribution >= 0.6 is 15.9 Å². The van der Waals surface area contributed by atoms with E-state index in [0.717, 1.165) is 5.56 Å². The molecular formula is C18H15BrN2O4. The van der Waals surface area contributed by atoms with Crippen LogP contribution in [0.3, 0.4) is 0 Å². The molecule has 0 saturated heterocycles. The first kappa shape index (κ1) is 18.5. The van der Waals surface area contributed by atoms with E-state index in [-0.39, 0.29) is 5.69 Å². The zero-order valence-electron chi connectivity index (χ0n) is 13.7. The average Bonchev–Trinajstić information content (AvgIpc) is 2.60. The summed E-state index contributed by atoms with van der Waals surface area (Å²) in [7, 11) is 1.55. The van der Waals surface area contributed by atoms with Crippen LogP contribution in [0.25, 0.3) is 11.6 Å². The molecule has 0 radical (unpaired) electrons. The third kappa shape index (κ3) is 4.37. The SMILES string of the molecule is CCOc1cc(/C=C(/C#N)c2ccc([N+](=O)[O-])cc2)cc(Br)c1OC. The van der Waals surface area contributed by atoms with E-state index in [4.69, 9.17) is 9.47 Å². The number of halogens is 1. The summed E-state index contributed by atoms with van der Waals surface area (Å²) >= 11 is 3.43. The van der Waals surface area contributed by atoms with Gasteiger partial charge in [0.2, 0.25) is 0 Å². The van der Waals surface area contributed by atoms with Gasteiger partial charge in [0, 0.05) is 12.1 Å². The van der Waals surface area contributed by atoms with E-state index in [1.165, 1.54) is 12.1 Å². The topological polar surface area (TPSA) is 85.4 Å². The van der Waals surface area contributed by atoms with Crippen LogP contribution in [0.4, 0.5) is 5.69 Å². The van der Waals surface area contributed by atoms with Crippen LogP contribution in [-0.4, -0.2) is 18.6 Å². The molecule has 0 bridgehead atoms. The van der Waals surface area contributed by atoms with Crippen LogP contribution < -0.4 is 9.47 Å². The quantitative estimate of drug-likeness (QED) is 0.299. The average molecular weight is 403 g/mol. The molecule has 0 amide bonds. The van der Waals surface area contributed by atoms with E-state index in [9.17, 15) is 15.4 Å². The van der Waals surface area contributed by atoms with Crippen molar-refractivity contribution in [2.45, 2.75) is 6.92 Å². The molecule has 2 aromatic rings. The fourth-order valence-electron chi connectivity index (χ4n) is 2.24. The largest absolute Gasteiger partial charge is 0.492 e. The van der Waals surface area contributed by atoms with Gasteiger partial charge in [-0.3, -0.25) is 10.1 Å². The number of hydrogen-bond acceptors (Lipinski definition) is 5. The Kier molecular flexibility index (Phi) is 6.14. The summed E-state index contributed by atoms with van der Waals surface area (Å²) in [6, 6.07) is 11.5. The zero-order chi connectivity index (χ0) is 18.4. The maximum absolute atomic E-state index is 10.7. The molecule has 25 heavy (non-hydrogen) atoms. The number of non-ortho nitro benzene ring substituents is 1. The van der Waals surface area contributed by atoms with Crippen molar-refractivity contribution in [3.05, 3.63) is 62.1 Å². The summed E-state index contributed by atoms with van der Waals surface area (Å²) < 4.78 is 11.6. The lowest BCUT2D eigenvalue weighted by Gasteiger charge is -2.12. The molecule has 2 aromatic carbocycles. The number of nitriles is 1. The highest BCUT2D eigenvalue weighted by molar-refractivity contribution is 9.10. The van der Waals surface area contributed by atoms with E-state index < -0.39 is 4.92 Å². The van der Waals surface area contributed by atoms with Crippen LogP contribution in [0.15, 0.2) is 40.9 Å². The second-order valence-electron chi connectivity index (χ2n) is 4.94. The van der Waals surface area contributed by atoms with E-state index in [2.05, 4.69) is 22.0 Å². The molecule has 6 nitrogen and oxygen atoms in total. The molecule has 0 spiro atoms. The summed E-state index contributed by atoms with van der Waals surface area (Å²) in [5, 5.41) is 20.2. The molecule has 0 N–H and O–H groups in total. The van der Waals surface area contributed by atoms with Crippen LogP contribution in [-0.2, 0) is 0 Å². The minimum atomic E-state index is -0.478. The van der Waals surface area contributed by atoms with Gasteiger partial charge in [0.25, 0.3) is 5.69 Å². The Morgan fingerprint density at radius 3 is 2.56 bits per heavy atom. The predicted octanol–water partition coefficient (Wildman–Crippen LogP) is 4.83. The molecule has 0 heterocycles. The number of ether oxygens (including phenoxy) is 2. The van der Waals surface area contributed by atoms with Gasteiger partial charge in [0.05, 0.1) is 34.8 Å². The van der Waals surface area contributed by atoms with Crippen molar-refractivity contribution in [1.82, 2.24) is 0 Å². The molecule has 0 aliphatic rings. The monoisotopic (exact) mass is 402 g/mol. The van der Waals surface area contributed by atoms with Gasteiger partial charge in [0.15, 0.2) is 11.5 Å². The van der Waals surface area contributed by atoms with Crippen molar-refractivity contribution < 1.29 is 14.4 Å². The minimum absolute atomic E-state index is 0.0214. The summed E-state index contributed by atoms with van der Waals surface area (Å²) in [6.45, 7) is 2.34. The standard InChI is InChI=1S/C18H15BrN2O4/c1-3-25-17-10-12(9-16(19)18(17)24-2)8-14(11-20)13-4-6-15(7-5-13)21(22)23/h4-10H,3H2,1-2H3/b14-8-. The van der Waals surface area contributed by atoms with Crippen molar-refractivity contribution in [3.63, 3.8) is 0 Å². The smallest absolute Gasteiger partial charge is 0.269 e. The van der Waals surface area contributed by atoms with Gasteiger partial charge in [-0.1, -0.05) is 0 Å². The summed E-state index contributed by atoms with van der Waals surface area (Å²) in [4.78, 5) is 10.3. The lowest BCUT2D eigenvalue weighted by atomic mass is 10.0. The summed E-state index contributed by atoms with van der Waals surface area (Å²) in [5.74, 6) is 1.14. The highest BCUT2D eigenvalue weighted by atomic mass is 79.9. The predicted molar refractivity (Wildman–Crippen MR) is 98.4 cm³/mol. The van der Waals surface area contributed by atoms with Crippen molar-refractivity contribution in [2.24, 2.45) is 0 Å². The number of nitrogens with zero attached hydrogens (tertiary/aromatic N) is 2. The molecule has 0 saturated carbocycles. The number of nitro benzene ring substituents is 1. The molecule has 128 valence electrons. The first-order valence-electron chi connectivity index (χ1n) is 7.37. The lowest BCUT2D eigenvalue weighted by Crippen LogP contribution is -1.97.